The summed E-state index contributed by atoms with van der Waals surface area (Å²) in [7, 11) is 0. The van der Waals surface area contributed by atoms with Crippen molar-refractivity contribution in [2.75, 3.05) is 0 Å². The normalized spacial score (nSPS) is 12.3. The third kappa shape index (κ3) is 3.02. The van der Waals surface area contributed by atoms with Gasteiger partial charge in [0.05, 0.1) is 6.33 Å². The average Bonchev–Trinajstić information content (AvgIpc) is 3.02. The highest BCUT2D eigenvalue weighted by Gasteiger charge is 2.20. The van der Waals surface area contributed by atoms with E-state index in [1.54, 1.807) is 12.5 Å². The van der Waals surface area contributed by atoms with Crippen molar-refractivity contribution in [3.63, 3.8) is 0 Å². The molecule has 2 heterocycles. The van der Waals surface area contributed by atoms with Gasteiger partial charge in [0.25, 0.3) is 0 Å². The van der Waals surface area contributed by atoms with Crippen molar-refractivity contribution < 1.29 is 0 Å². The Bertz CT molecular complexity index is 768. The van der Waals surface area contributed by atoms with Crippen LogP contribution in [0.25, 0.3) is 0 Å². The van der Waals surface area contributed by atoms with Crippen LogP contribution in [0.2, 0.25) is 5.02 Å². The van der Waals surface area contributed by atoms with Crippen molar-refractivity contribution in [3.8, 4) is 0 Å². The smallest absolute Gasteiger partial charge is 0.125 e. The van der Waals surface area contributed by atoms with Crippen LogP contribution in [0.5, 0.6) is 0 Å². The minimum Gasteiger partial charge on any atom is -0.348 e. The van der Waals surface area contributed by atoms with Crippen LogP contribution in [0, 0.1) is 13.8 Å². The summed E-state index contributed by atoms with van der Waals surface area (Å²) in [6.45, 7) is 3.92. The second-order valence-electron chi connectivity index (χ2n) is 5.34. The van der Waals surface area contributed by atoms with Crippen molar-refractivity contribution >= 4 is 11.6 Å². The second kappa shape index (κ2) is 6.28. The molecule has 3 aromatic rings. The van der Waals surface area contributed by atoms with E-state index in [9.17, 15) is 0 Å². The van der Waals surface area contributed by atoms with Crippen molar-refractivity contribution in [2.45, 2.75) is 26.2 Å². The first-order valence-electron chi connectivity index (χ1n) is 7.17. The number of aromatic amines is 1. The predicted octanol–water partition coefficient (Wildman–Crippen LogP) is 3.84. The summed E-state index contributed by atoms with van der Waals surface area (Å²) in [5.74, 6) is 0.861. The van der Waals surface area contributed by atoms with Crippen molar-refractivity contribution in [2.24, 2.45) is 0 Å². The molecule has 1 aromatic carbocycles. The zero-order chi connectivity index (χ0) is 15.5. The van der Waals surface area contributed by atoms with E-state index < -0.39 is 0 Å². The molecule has 5 heteroatoms. The molecule has 1 atom stereocenters. The standard InChI is InChI=1S/C17H17ClN4/c1-11-4-3-5-14(17(11)18)15(16-9-19-10-21-16)8-13-6-7-20-12(2)22-13/h3-7,9-10,15H,8H2,1-2H3,(H,19,21). The van der Waals surface area contributed by atoms with Gasteiger partial charge in [-0.3, -0.25) is 0 Å². The lowest BCUT2D eigenvalue weighted by Crippen LogP contribution is -2.09. The number of aromatic nitrogens is 4. The molecule has 0 saturated carbocycles. The number of aryl methyl sites for hydroxylation is 2. The summed E-state index contributed by atoms with van der Waals surface area (Å²) in [6.07, 6.45) is 6.07. The van der Waals surface area contributed by atoms with Crippen LogP contribution in [-0.2, 0) is 6.42 Å². The molecule has 2 aromatic heterocycles. The minimum absolute atomic E-state index is 0.0872. The quantitative estimate of drug-likeness (QED) is 0.796. The number of nitrogens with one attached hydrogen (secondary N) is 1. The Labute approximate surface area is 134 Å². The minimum atomic E-state index is 0.0872. The molecule has 0 aliphatic heterocycles. The molecule has 0 saturated heterocycles. The SMILES string of the molecule is Cc1nccc(CC(c2cnc[nH]2)c2cccc(C)c2Cl)n1. The second-order valence-corrected chi connectivity index (χ2v) is 5.71. The van der Waals surface area contributed by atoms with E-state index in [-0.39, 0.29) is 5.92 Å². The van der Waals surface area contributed by atoms with Crippen molar-refractivity contribution in [3.05, 3.63) is 76.3 Å². The van der Waals surface area contributed by atoms with Crippen molar-refractivity contribution in [1.82, 2.24) is 19.9 Å². The van der Waals surface area contributed by atoms with Gasteiger partial charge in [-0.15, -0.1) is 0 Å². The topological polar surface area (TPSA) is 54.5 Å². The molecular weight excluding hydrogens is 296 g/mol. The molecule has 0 radical (unpaired) electrons. The van der Waals surface area contributed by atoms with Crippen LogP contribution in [0.3, 0.4) is 0 Å². The Hall–Kier alpha value is -2.20. The maximum Gasteiger partial charge on any atom is 0.125 e. The number of halogens is 1. The number of nitrogens with zero attached hydrogens (tertiary/aromatic N) is 3. The number of benzene rings is 1. The van der Waals surface area contributed by atoms with Gasteiger partial charge in [-0.1, -0.05) is 29.8 Å². The van der Waals surface area contributed by atoms with Gasteiger partial charge < -0.3 is 4.98 Å². The molecule has 1 unspecified atom stereocenters. The molecular formula is C17H17ClN4. The van der Waals surface area contributed by atoms with Gasteiger partial charge in [0.2, 0.25) is 0 Å². The van der Waals surface area contributed by atoms with Gasteiger partial charge in [-0.25, -0.2) is 15.0 Å². The number of H-pyrrole nitrogens is 1. The third-order valence-corrected chi connectivity index (χ3v) is 4.26. The van der Waals surface area contributed by atoms with Gasteiger partial charge >= 0.3 is 0 Å². The van der Waals surface area contributed by atoms with Crippen LogP contribution in [0.15, 0.2) is 43.0 Å². The van der Waals surface area contributed by atoms with E-state index in [0.717, 1.165) is 39.8 Å². The third-order valence-electron chi connectivity index (χ3n) is 3.74. The number of hydrogen-bond acceptors (Lipinski definition) is 3. The summed E-state index contributed by atoms with van der Waals surface area (Å²) in [5, 5.41) is 0.799. The zero-order valence-electron chi connectivity index (χ0n) is 12.5. The van der Waals surface area contributed by atoms with E-state index >= 15 is 0 Å². The lowest BCUT2D eigenvalue weighted by molar-refractivity contribution is 0.752. The maximum atomic E-state index is 6.54. The van der Waals surface area contributed by atoms with Gasteiger partial charge in [-0.2, -0.15) is 0 Å². The van der Waals surface area contributed by atoms with Crippen LogP contribution in [-0.4, -0.2) is 19.9 Å². The average molecular weight is 313 g/mol. The molecule has 0 spiro atoms. The van der Waals surface area contributed by atoms with Crippen molar-refractivity contribution in [1.29, 1.82) is 0 Å². The lowest BCUT2D eigenvalue weighted by Gasteiger charge is -2.18. The monoisotopic (exact) mass is 312 g/mol. The van der Waals surface area contributed by atoms with E-state index in [1.165, 1.54) is 0 Å². The van der Waals surface area contributed by atoms with E-state index in [1.807, 2.05) is 38.2 Å². The molecule has 0 aliphatic carbocycles. The maximum absolute atomic E-state index is 6.54. The highest BCUT2D eigenvalue weighted by molar-refractivity contribution is 6.32. The summed E-state index contributed by atoms with van der Waals surface area (Å²) in [5.41, 5.74) is 4.18. The Morgan fingerprint density at radius 3 is 2.82 bits per heavy atom. The van der Waals surface area contributed by atoms with Crippen LogP contribution >= 0.6 is 11.6 Å². The fourth-order valence-electron chi connectivity index (χ4n) is 2.61. The number of imidazole rings is 1. The van der Waals surface area contributed by atoms with E-state index in [2.05, 4.69) is 26.0 Å². The first-order valence-corrected chi connectivity index (χ1v) is 7.54. The molecule has 0 aliphatic rings. The first kappa shape index (κ1) is 14.7. The highest BCUT2D eigenvalue weighted by Crippen LogP contribution is 2.33. The zero-order valence-corrected chi connectivity index (χ0v) is 13.3. The fourth-order valence-corrected chi connectivity index (χ4v) is 2.87. The molecule has 4 nitrogen and oxygen atoms in total. The molecule has 22 heavy (non-hydrogen) atoms. The fraction of sp³-hybridized carbons (Fsp3) is 0.235. The molecule has 112 valence electrons. The summed E-state index contributed by atoms with van der Waals surface area (Å²) in [4.78, 5) is 16.0. The molecule has 3 rings (SSSR count). The highest BCUT2D eigenvalue weighted by atomic mass is 35.5. The van der Waals surface area contributed by atoms with E-state index in [4.69, 9.17) is 11.6 Å². The molecule has 0 bridgehead atoms. The molecule has 0 amide bonds. The predicted molar refractivity (Wildman–Crippen MR) is 87.1 cm³/mol. The number of rotatable bonds is 4. The Morgan fingerprint density at radius 2 is 2.09 bits per heavy atom. The lowest BCUT2D eigenvalue weighted by atomic mass is 9.90. The van der Waals surface area contributed by atoms with Crippen LogP contribution < -0.4 is 0 Å². The largest absolute Gasteiger partial charge is 0.348 e. The van der Waals surface area contributed by atoms with Gasteiger partial charge in [0.15, 0.2) is 0 Å². The van der Waals surface area contributed by atoms with Gasteiger partial charge in [0.1, 0.15) is 5.82 Å². The summed E-state index contributed by atoms with van der Waals surface area (Å²) < 4.78 is 0. The Balaban J connectivity index is 2.03. The number of hydrogen-bond donors (Lipinski definition) is 1. The Morgan fingerprint density at radius 1 is 1.23 bits per heavy atom. The molecule has 0 fully saturated rings. The van der Waals surface area contributed by atoms with Crippen LogP contribution in [0.4, 0.5) is 0 Å². The first-order chi connectivity index (χ1) is 10.6. The summed E-state index contributed by atoms with van der Waals surface area (Å²) >= 11 is 6.54. The molecule has 1 N–H and O–H groups in total. The van der Waals surface area contributed by atoms with Crippen LogP contribution in [0.1, 0.15) is 34.3 Å². The van der Waals surface area contributed by atoms with Gasteiger partial charge in [0, 0.05) is 41.1 Å². The Kier molecular flexibility index (Phi) is 4.20. The van der Waals surface area contributed by atoms with Gasteiger partial charge in [-0.05, 0) is 31.0 Å². The van der Waals surface area contributed by atoms with E-state index in [0.29, 0.717) is 0 Å². The summed E-state index contributed by atoms with van der Waals surface area (Å²) in [6, 6.07) is 8.06.